The Hall–Kier alpha value is -4.19. The van der Waals surface area contributed by atoms with Gasteiger partial charge in [-0.1, -0.05) is 65.8 Å². The van der Waals surface area contributed by atoms with Crippen molar-refractivity contribution in [3.8, 4) is 17.1 Å². The number of ketones is 1. The van der Waals surface area contributed by atoms with Crippen molar-refractivity contribution in [2.45, 2.75) is 6.61 Å². The normalized spacial score (nSPS) is 10.5. The molecule has 1 heterocycles. The molecule has 0 aliphatic rings. The third kappa shape index (κ3) is 5.25. The molecule has 4 rings (SSSR count). The van der Waals surface area contributed by atoms with Crippen LogP contribution in [0.3, 0.4) is 0 Å². The number of hydrogen-bond acceptors (Lipinski definition) is 6. The Morgan fingerprint density at radius 1 is 0.806 bits per heavy atom. The van der Waals surface area contributed by atoms with Crippen LogP contribution < -0.4 is 4.74 Å². The smallest absolute Gasteiger partial charge is 0.344 e. The van der Waals surface area contributed by atoms with E-state index >= 15 is 0 Å². The molecule has 0 radical (unpaired) electrons. The predicted molar refractivity (Wildman–Crippen MR) is 114 cm³/mol. The Bertz CT molecular complexity index is 1150. The van der Waals surface area contributed by atoms with Gasteiger partial charge in [-0.15, -0.1) is 0 Å². The van der Waals surface area contributed by atoms with Crippen molar-refractivity contribution < 1.29 is 23.6 Å². The van der Waals surface area contributed by atoms with E-state index in [0.717, 1.165) is 5.56 Å². The van der Waals surface area contributed by atoms with Gasteiger partial charge in [0.2, 0.25) is 0 Å². The minimum absolute atomic E-state index is 0.0109. The van der Waals surface area contributed by atoms with Crippen LogP contribution in [0.1, 0.15) is 21.6 Å². The van der Waals surface area contributed by atoms with Gasteiger partial charge in [-0.25, -0.2) is 4.79 Å². The van der Waals surface area contributed by atoms with Crippen molar-refractivity contribution in [1.29, 1.82) is 0 Å². The summed E-state index contributed by atoms with van der Waals surface area (Å²) in [6.07, 6.45) is 0. The lowest BCUT2D eigenvalue weighted by Gasteiger charge is -2.07. The zero-order chi connectivity index (χ0) is 21.5. The molecule has 0 N–H and O–H groups in total. The molecule has 6 heteroatoms. The highest BCUT2D eigenvalue weighted by molar-refractivity contribution is 6.08. The second-order valence-electron chi connectivity index (χ2n) is 6.72. The number of aromatic nitrogens is 1. The van der Waals surface area contributed by atoms with E-state index in [1.54, 1.807) is 42.5 Å². The van der Waals surface area contributed by atoms with Gasteiger partial charge in [0.25, 0.3) is 0 Å². The zero-order valence-corrected chi connectivity index (χ0v) is 16.6. The summed E-state index contributed by atoms with van der Waals surface area (Å²) >= 11 is 0. The standard InChI is InChI=1S/C25H19NO5/c27-24(30-16-21-15-23(31-26-21)18-7-3-1-4-8-18)17-29-22-13-11-20(12-14-22)25(28)19-9-5-2-6-10-19/h1-15H,16-17H2. The zero-order valence-electron chi connectivity index (χ0n) is 16.6. The first kappa shape index (κ1) is 20.1. The van der Waals surface area contributed by atoms with Gasteiger partial charge >= 0.3 is 5.97 Å². The summed E-state index contributed by atoms with van der Waals surface area (Å²) in [5, 5.41) is 3.91. The number of rotatable bonds is 8. The fourth-order valence-electron chi connectivity index (χ4n) is 2.92. The van der Waals surface area contributed by atoms with E-state index in [0.29, 0.717) is 28.3 Å². The van der Waals surface area contributed by atoms with Gasteiger partial charge in [-0.3, -0.25) is 4.79 Å². The molecule has 0 bridgehead atoms. The maximum Gasteiger partial charge on any atom is 0.344 e. The number of nitrogens with zero attached hydrogens (tertiary/aromatic N) is 1. The van der Waals surface area contributed by atoms with Gasteiger partial charge in [0.1, 0.15) is 18.1 Å². The number of ether oxygens (including phenoxy) is 2. The summed E-state index contributed by atoms with van der Waals surface area (Å²) in [4.78, 5) is 24.4. The minimum Gasteiger partial charge on any atom is -0.482 e. The van der Waals surface area contributed by atoms with E-state index in [9.17, 15) is 9.59 Å². The van der Waals surface area contributed by atoms with Crippen LogP contribution in [0.15, 0.2) is 95.5 Å². The van der Waals surface area contributed by atoms with Crippen molar-refractivity contribution in [2.75, 3.05) is 6.61 Å². The van der Waals surface area contributed by atoms with Gasteiger partial charge in [0.05, 0.1) is 0 Å². The van der Waals surface area contributed by atoms with E-state index in [1.165, 1.54) is 0 Å². The molecule has 4 aromatic rings. The summed E-state index contributed by atoms with van der Waals surface area (Å²) in [6.45, 7) is -0.265. The van der Waals surface area contributed by atoms with Crippen LogP contribution in [0.25, 0.3) is 11.3 Å². The lowest BCUT2D eigenvalue weighted by Crippen LogP contribution is -2.14. The largest absolute Gasteiger partial charge is 0.482 e. The quantitative estimate of drug-likeness (QED) is 0.308. The van der Waals surface area contributed by atoms with E-state index in [4.69, 9.17) is 14.0 Å². The molecule has 6 nitrogen and oxygen atoms in total. The first-order valence-electron chi connectivity index (χ1n) is 9.68. The van der Waals surface area contributed by atoms with Crippen molar-refractivity contribution in [3.05, 3.63) is 108 Å². The molecule has 0 spiro atoms. The predicted octanol–water partition coefficient (Wildman–Crippen LogP) is 4.69. The molecule has 0 aliphatic carbocycles. The number of hydrogen-bond donors (Lipinski definition) is 0. The molecule has 1 aromatic heterocycles. The summed E-state index contributed by atoms with van der Waals surface area (Å²) < 4.78 is 15.9. The van der Waals surface area contributed by atoms with E-state index < -0.39 is 5.97 Å². The summed E-state index contributed by atoms with van der Waals surface area (Å²) in [7, 11) is 0. The average Bonchev–Trinajstić information content (AvgIpc) is 3.31. The van der Waals surface area contributed by atoms with Crippen LogP contribution in [0.2, 0.25) is 0 Å². The van der Waals surface area contributed by atoms with Crippen LogP contribution in [0.4, 0.5) is 0 Å². The maximum absolute atomic E-state index is 12.4. The molecule has 3 aromatic carbocycles. The Kier molecular flexibility index (Phi) is 6.18. The molecule has 0 fully saturated rings. The SMILES string of the molecule is O=C(COc1ccc(C(=O)c2ccccc2)cc1)OCc1cc(-c2ccccc2)on1. The van der Waals surface area contributed by atoms with Gasteiger partial charge < -0.3 is 14.0 Å². The molecule has 0 atom stereocenters. The molecular formula is C25H19NO5. The molecule has 31 heavy (non-hydrogen) atoms. The average molecular weight is 413 g/mol. The maximum atomic E-state index is 12.4. The third-order valence-corrected chi connectivity index (χ3v) is 4.51. The molecule has 0 aliphatic heterocycles. The van der Waals surface area contributed by atoms with Crippen molar-refractivity contribution >= 4 is 11.8 Å². The minimum atomic E-state index is -0.534. The van der Waals surface area contributed by atoms with Gasteiger partial charge in [-0.2, -0.15) is 0 Å². The Balaban J connectivity index is 1.25. The van der Waals surface area contributed by atoms with Crippen LogP contribution >= 0.6 is 0 Å². The molecule has 154 valence electrons. The van der Waals surface area contributed by atoms with Crippen LogP contribution in [-0.2, 0) is 16.1 Å². The summed E-state index contributed by atoms with van der Waals surface area (Å²) in [5.41, 5.74) is 2.56. The molecule has 0 unspecified atom stereocenters. The second kappa shape index (κ2) is 9.54. The highest BCUT2D eigenvalue weighted by Gasteiger charge is 2.11. The van der Waals surface area contributed by atoms with Crippen molar-refractivity contribution in [2.24, 2.45) is 0 Å². The monoisotopic (exact) mass is 413 g/mol. The number of esters is 1. The lowest BCUT2D eigenvalue weighted by atomic mass is 10.0. The lowest BCUT2D eigenvalue weighted by molar-refractivity contribution is -0.147. The van der Waals surface area contributed by atoms with E-state index in [2.05, 4.69) is 5.16 Å². The highest BCUT2D eigenvalue weighted by Crippen LogP contribution is 2.20. The molecule has 0 amide bonds. The van der Waals surface area contributed by atoms with Crippen LogP contribution in [0, 0.1) is 0 Å². The van der Waals surface area contributed by atoms with Crippen LogP contribution in [-0.4, -0.2) is 23.5 Å². The Labute approximate surface area is 179 Å². The second-order valence-corrected chi connectivity index (χ2v) is 6.72. The molecule has 0 saturated heterocycles. The molecule has 0 saturated carbocycles. The Morgan fingerprint density at radius 3 is 2.16 bits per heavy atom. The number of carbonyl (C=O) groups excluding carboxylic acids is 2. The van der Waals surface area contributed by atoms with Gasteiger partial charge in [-0.05, 0) is 24.3 Å². The number of benzene rings is 3. The van der Waals surface area contributed by atoms with E-state index in [-0.39, 0.29) is 19.0 Å². The van der Waals surface area contributed by atoms with Crippen LogP contribution in [0.5, 0.6) is 5.75 Å². The van der Waals surface area contributed by atoms with Gasteiger partial charge in [0, 0.05) is 22.8 Å². The third-order valence-electron chi connectivity index (χ3n) is 4.51. The van der Waals surface area contributed by atoms with Gasteiger partial charge in [0.15, 0.2) is 18.2 Å². The molecular weight excluding hydrogens is 394 g/mol. The number of carbonyl (C=O) groups is 2. The van der Waals surface area contributed by atoms with Crippen molar-refractivity contribution in [1.82, 2.24) is 5.16 Å². The van der Waals surface area contributed by atoms with E-state index in [1.807, 2.05) is 48.5 Å². The Morgan fingerprint density at radius 2 is 1.45 bits per heavy atom. The highest BCUT2D eigenvalue weighted by atomic mass is 16.6. The first-order valence-corrected chi connectivity index (χ1v) is 9.68. The fraction of sp³-hybridized carbons (Fsp3) is 0.0800. The summed E-state index contributed by atoms with van der Waals surface area (Å²) in [5.74, 6) is 0.463. The van der Waals surface area contributed by atoms with Crippen molar-refractivity contribution in [3.63, 3.8) is 0 Å². The topological polar surface area (TPSA) is 78.6 Å². The fourth-order valence-corrected chi connectivity index (χ4v) is 2.92. The first-order chi connectivity index (χ1) is 15.2. The summed E-state index contributed by atoms with van der Waals surface area (Å²) in [6, 6.07) is 26.9.